The Bertz CT molecular complexity index is 416. The van der Waals surface area contributed by atoms with E-state index in [0.29, 0.717) is 6.04 Å². The van der Waals surface area contributed by atoms with Crippen molar-refractivity contribution in [3.63, 3.8) is 0 Å². The minimum Gasteiger partial charge on any atom is -0.465 e. The maximum Gasteiger partial charge on any atom is 0.118 e. The molecule has 1 aromatic heterocycles. The molecule has 1 atom stereocenters. The third-order valence-electron chi connectivity index (χ3n) is 4.18. The third-order valence-corrected chi connectivity index (χ3v) is 4.18. The highest BCUT2D eigenvalue weighted by Crippen LogP contribution is 2.19. The standard InChI is InChI=1S/C16H29N3O/c1-5-17-10-16-9-15(14(3)20-16)12-19-8-6-7-18(4)11-13(19)2/h9,13,17H,5-8,10-12H2,1-4H3. The number of aryl methyl sites for hydroxylation is 1. The van der Waals surface area contributed by atoms with E-state index in [4.69, 9.17) is 4.42 Å². The smallest absolute Gasteiger partial charge is 0.118 e. The average Bonchev–Trinajstić information content (AvgIpc) is 2.66. The molecule has 0 amide bonds. The van der Waals surface area contributed by atoms with Crippen LogP contribution < -0.4 is 5.32 Å². The molecule has 0 bridgehead atoms. The Balaban J connectivity index is 1.99. The number of furan rings is 1. The summed E-state index contributed by atoms with van der Waals surface area (Å²) in [5.41, 5.74) is 1.34. The second kappa shape index (κ2) is 7.25. The normalized spacial score (nSPS) is 22.1. The lowest BCUT2D eigenvalue weighted by molar-refractivity contribution is 0.193. The van der Waals surface area contributed by atoms with Gasteiger partial charge in [-0.15, -0.1) is 0 Å². The molecule has 4 heteroatoms. The van der Waals surface area contributed by atoms with Gasteiger partial charge in [-0.1, -0.05) is 6.92 Å². The van der Waals surface area contributed by atoms with Crippen molar-refractivity contribution in [1.29, 1.82) is 0 Å². The molecule has 2 heterocycles. The van der Waals surface area contributed by atoms with Gasteiger partial charge in [0.15, 0.2) is 0 Å². The van der Waals surface area contributed by atoms with E-state index < -0.39 is 0 Å². The highest BCUT2D eigenvalue weighted by Gasteiger charge is 2.21. The molecular weight excluding hydrogens is 250 g/mol. The first-order chi connectivity index (χ1) is 9.60. The summed E-state index contributed by atoms with van der Waals surface area (Å²) in [6.07, 6.45) is 1.25. The zero-order valence-electron chi connectivity index (χ0n) is 13.4. The van der Waals surface area contributed by atoms with E-state index in [9.17, 15) is 0 Å². The summed E-state index contributed by atoms with van der Waals surface area (Å²) < 4.78 is 5.85. The Morgan fingerprint density at radius 3 is 2.95 bits per heavy atom. The van der Waals surface area contributed by atoms with Crippen molar-refractivity contribution in [1.82, 2.24) is 15.1 Å². The molecule has 114 valence electrons. The monoisotopic (exact) mass is 279 g/mol. The van der Waals surface area contributed by atoms with Crippen LogP contribution in [0.1, 0.15) is 37.4 Å². The summed E-state index contributed by atoms with van der Waals surface area (Å²) >= 11 is 0. The van der Waals surface area contributed by atoms with Gasteiger partial charge in [-0.05, 0) is 46.5 Å². The molecule has 0 aromatic carbocycles. The van der Waals surface area contributed by atoms with Crippen LogP contribution in [0.15, 0.2) is 10.5 Å². The second-order valence-corrected chi connectivity index (χ2v) is 6.01. The Kier molecular flexibility index (Phi) is 5.64. The molecule has 1 aliphatic rings. The number of nitrogens with zero attached hydrogens (tertiary/aromatic N) is 2. The number of likely N-dealkylation sites (N-methyl/N-ethyl adjacent to an activating group) is 1. The van der Waals surface area contributed by atoms with Crippen LogP contribution in [0.25, 0.3) is 0 Å². The highest BCUT2D eigenvalue weighted by atomic mass is 16.3. The summed E-state index contributed by atoms with van der Waals surface area (Å²) in [4.78, 5) is 5.02. The van der Waals surface area contributed by atoms with E-state index in [-0.39, 0.29) is 0 Å². The molecule has 1 saturated heterocycles. The van der Waals surface area contributed by atoms with E-state index in [1.54, 1.807) is 0 Å². The van der Waals surface area contributed by atoms with E-state index in [1.165, 1.54) is 25.1 Å². The number of hydrogen-bond donors (Lipinski definition) is 1. The van der Waals surface area contributed by atoms with Gasteiger partial charge in [0.2, 0.25) is 0 Å². The maximum atomic E-state index is 5.85. The Morgan fingerprint density at radius 1 is 1.40 bits per heavy atom. The number of nitrogens with one attached hydrogen (secondary N) is 1. The molecule has 4 nitrogen and oxygen atoms in total. The Morgan fingerprint density at radius 2 is 2.20 bits per heavy atom. The predicted octanol–water partition coefficient (Wildman–Crippen LogP) is 2.22. The highest BCUT2D eigenvalue weighted by molar-refractivity contribution is 5.21. The van der Waals surface area contributed by atoms with Crippen molar-refractivity contribution < 1.29 is 4.42 Å². The van der Waals surface area contributed by atoms with E-state index in [2.05, 4.69) is 49.0 Å². The zero-order valence-corrected chi connectivity index (χ0v) is 13.4. The van der Waals surface area contributed by atoms with Gasteiger partial charge in [-0.25, -0.2) is 0 Å². The van der Waals surface area contributed by atoms with Gasteiger partial charge in [0, 0.05) is 31.2 Å². The molecule has 0 aliphatic carbocycles. The molecule has 1 N–H and O–H groups in total. The van der Waals surface area contributed by atoms with Crippen LogP contribution >= 0.6 is 0 Å². The van der Waals surface area contributed by atoms with Gasteiger partial charge < -0.3 is 14.6 Å². The van der Waals surface area contributed by atoms with Crippen LogP contribution in [0, 0.1) is 6.92 Å². The van der Waals surface area contributed by atoms with Crippen molar-refractivity contribution in [3.8, 4) is 0 Å². The SMILES string of the molecule is CCNCc1cc(CN2CCCN(C)CC2C)c(C)o1. The van der Waals surface area contributed by atoms with Crippen molar-refractivity contribution in [2.75, 3.05) is 33.2 Å². The van der Waals surface area contributed by atoms with E-state index in [1.807, 2.05) is 0 Å². The van der Waals surface area contributed by atoms with E-state index in [0.717, 1.165) is 37.7 Å². The quantitative estimate of drug-likeness (QED) is 0.895. The van der Waals surface area contributed by atoms with Crippen LogP contribution in [-0.2, 0) is 13.1 Å². The second-order valence-electron chi connectivity index (χ2n) is 6.01. The predicted molar refractivity (Wildman–Crippen MR) is 82.8 cm³/mol. The average molecular weight is 279 g/mol. The van der Waals surface area contributed by atoms with Gasteiger partial charge >= 0.3 is 0 Å². The fraction of sp³-hybridized carbons (Fsp3) is 0.750. The molecular formula is C16H29N3O. The minimum absolute atomic E-state index is 0.606. The molecule has 1 aromatic rings. The van der Waals surface area contributed by atoms with Gasteiger partial charge in [-0.3, -0.25) is 4.90 Å². The molecule has 1 aliphatic heterocycles. The van der Waals surface area contributed by atoms with Crippen molar-refractivity contribution in [2.45, 2.75) is 46.3 Å². The van der Waals surface area contributed by atoms with Crippen molar-refractivity contribution in [2.24, 2.45) is 0 Å². The fourth-order valence-corrected chi connectivity index (χ4v) is 2.96. The molecule has 1 unspecified atom stereocenters. The van der Waals surface area contributed by atoms with Crippen LogP contribution in [0.4, 0.5) is 0 Å². The maximum absolute atomic E-state index is 5.85. The van der Waals surface area contributed by atoms with Crippen LogP contribution in [0.5, 0.6) is 0 Å². The van der Waals surface area contributed by atoms with Gasteiger partial charge in [-0.2, -0.15) is 0 Å². The first-order valence-electron chi connectivity index (χ1n) is 7.81. The lowest BCUT2D eigenvalue weighted by Crippen LogP contribution is -2.37. The molecule has 0 radical (unpaired) electrons. The first kappa shape index (κ1) is 15.5. The summed E-state index contributed by atoms with van der Waals surface area (Å²) in [5.74, 6) is 2.13. The molecule has 0 spiro atoms. The lowest BCUT2D eigenvalue weighted by Gasteiger charge is -2.27. The first-order valence-corrected chi connectivity index (χ1v) is 7.81. The summed E-state index contributed by atoms with van der Waals surface area (Å²) in [6.45, 7) is 12.9. The summed E-state index contributed by atoms with van der Waals surface area (Å²) in [5, 5.41) is 3.32. The topological polar surface area (TPSA) is 31.6 Å². The largest absolute Gasteiger partial charge is 0.465 e. The van der Waals surface area contributed by atoms with Crippen LogP contribution in [0.3, 0.4) is 0 Å². The van der Waals surface area contributed by atoms with Crippen LogP contribution in [-0.4, -0.2) is 49.1 Å². The Hall–Kier alpha value is -0.840. The van der Waals surface area contributed by atoms with Gasteiger partial charge in [0.1, 0.15) is 11.5 Å². The third kappa shape index (κ3) is 4.08. The minimum atomic E-state index is 0.606. The lowest BCUT2D eigenvalue weighted by atomic mass is 10.2. The van der Waals surface area contributed by atoms with E-state index >= 15 is 0 Å². The van der Waals surface area contributed by atoms with Crippen molar-refractivity contribution >= 4 is 0 Å². The van der Waals surface area contributed by atoms with Crippen LogP contribution in [0.2, 0.25) is 0 Å². The number of rotatable bonds is 5. The molecule has 1 fully saturated rings. The molecule has 0 saturated carbocycles. The Labute approximate surface area is 123 Å². The summed E-state index contributed by atoms with van der Waals surface area (Å²) in [7, 11) is 2.22. The fourth-order valence-electron chi connectivity index (χ4n) is 2.96. The molecule has 20 heavy (non-hydrogen) atoms. The molecule has 2 rings (SSSR count). The summed E-state index contributed by atoms with van der Waals surface area (Å²) in [6, 6.07) is 2.83. The zero-order chi connectivity index (χ0) is 14.5. The van der Waals surface area contributed by atoms with Gasteiger partial charge in [0.25, 0.3) is 0 Å². The van der Waals surface area contributed by atoms with Gasteiger partial charge in [0.05, 0.1) is 6.54 Å². The number of hydrogen-bond acceptors (Lipinski definition) is 4. The van der Waals surface area contributed by atoms with Crippen molar-refractivity contribution in [3.05, 3.63) is 23.2 Å².